The second-order valence-electron chi connectivity index (χ2n) is 6.02. The Labute approximate surface area is 135 Å². The number of aromatic nitrogens is 1. The lowest BCUT2D eigenvalue weighted by Crippen LogP contribution is -2.50. The van der Waals surface area contributed by atoms with E-state index < -0.39 is 5.76 Å². The molecule has 0 unspecified atom stereocenters. The number of fused-ring (bicyclic) bond motifs is 1. The first-order valence-electron chi connectivity index (χ1n) is 8.29. The summed E-state index contributed by atoms with van der Waals surface area (Å²) in [7, 11) is 0. The van der Waals surface area contributed by atoms with E-state index in [0.29, 0.717) is 11.1 Å². The van der Waals surface area contributed by atoms with Crippen molar-refractivity contribution in [1.29, 1.82) is 0 Å². The van der Waals surface area contributed by atoms with Gasteiger partial charge in [-0.3, -0.25) is 9.78 Å². The quantitative estimate of drug-likeness (QED) is 0.938. The minimum Gasteiger partial charge on any atom is -0.408 e. The van der Waals surface area contributed by atoms with Gasteiger partial charge in [0.05, 0.1) is 5.52 Å². The summed E-state index contributed by atoms with van der Waals surface area (Å²) in [5.74, 6) is -0.00379. The number of piperazine rings is 1. The Hall–Kier alpha value is -2.24. The van der Waals surface area contributed by atoms with E-state index in [1.165, 1.54) is 0 Å². The number of carbonyl (C=O) groups is 1. The Morgan fingerprint density at radius 1 is 1.22 bits per heavy atom. The standard InChI is InChI=1S/C17H23N3O3/c1-3-12(4-2)16(21)20-9-7-19(8-10-20)13-5-6-15-14(11-13)18-17(22)23-15/h5-6,11-12H,3-4,7-10H2,1-2H3,(H,18,22). The molecular formula is C17H23N3O3. The summed E-state index contributed by atoms with van der Waals surface area (Å²) in [6.45, 7) is 7.25. The summed E-state index contributed by atoms with van der Waals surface area (Å²) >= 11 is 0. The van der Waals surface area contributed by atoms with Gasteiger partial charge in [-0.15, -0.1) is 0 Å². The van der Waals surface area contributed by atoms with E-state index in [-0.39, 0.29) is 11.8 Å². The number of anilines is 1. The van der Waals surface area contributed by atoms with Gasteiger partial charge < -0.3 is 14.2 Å². The third-order valence-corrected chi connectivity index (χ3v) is 4.69. The monoisotopic (exact) mass is 317 g/mol. The molecule has 0 saturated carbocycles. The van der Waals surface area contributed by atoms with Crippen LogP contribution in [0.4, 0.5) is 5.69 Å². The second kappa shape index (κ2) is 6.48. The lowest BCUT2D eigenvalue weighted by Gasteiger charge is -2.37. The van der Waals surface area contributed by atoms with Gasteiger partial charge in [-0.05, 0) is 31.0 Å². The lowest BCUT2D eigenvalue weighted by atomic mass is 10.0. The van der Waals surface area contributed by atoms with Gasteiger partial charge in [0.1, 0.15) is 0 Å². The van der Waals surface area contributed by atoms with Crippen molar-refractivity contribution in [2.75, 3.05) is 31.1 Å². The van der Waals surface area contributed by atoms with E-state index >= 15 is 0 Å². The first-order chi connectivity index (χ1) is 11.1. The second-order valence-corrected chi connectivity index (χ2v) is 6.02. The summed E-state index contributed by atoms with van der Waals surface area (Å²) in [5, 5.41) is 0. The molecule has 0 aliphatic carbocycles. The third kappa shape index (κ3) is 3.11. The topological polar surface area (TPSA) is 69.6 Å². The number of nitrogens with zero attached hydrogens (tertiary/aromatic N) is 2. The molecule has 6 nitrogen and oxygen atoms in total. The third-order valence-electron chi connectivity index (χ3n) is 4.69. The van der Waals surface area contributed by atoms with Gasteiger partial charge in [0.25, 0.3) is 0 Å². The number of nitrogens with one attached hydrogen (secondary N) is 1. The molecule has 3 rings (SSSR count). The number of hydrogen-bond donors (Lipinski definition) is 1. The van der Waals surface area contributed by atoms with Gasteiger partial charge in [0, 0.05) is 37.8 Å². The number of amides is 1. The number of oxazole rings is 1. The molecule has 0 radical (unpaired) electrons. The molecule has 6 heteroatoms. The van der Waals surface area contributed by atoms with Crippen LogP contribution in [-0.2, 0) is 4.79 Å². The minimum atomic E-state index is -0.433. The highest BCUT2D eigenvalue weighted by atomic mass is 16.4. The van der Waals surface area contributed by atoms with E-state index in [1.807, 2.05) is 23.1 Å². The van der Waals surface area contributed by atoms with Crippen LogP contribution in [0.15, 0.2) is 27.4 Å². The summed E-state index contributed by atoms with van der Waals surface area (Å²) in [6.07, 6.45) is 1.81. The fourth-order valence-electron chi connectivity index (χ4n) is 3.22. The summed E-state index contributed by atoms with van der Waals surface area (Å²) in [4.78, 5) is 30.6. The van der Waals surface area contributed by atoms with Crippen molar-refractivity contribution in [3.63, 3.8) is 0 Å². The zero-order valence-corrected chi connectivity index (χ0v) is 13.7. The highest BCUT2D eigenvalue weighted by molar-refractivity contribution is 5.79. The van der Waals surface area contributed by atoms with E-state index in [1.54, 1.807) is 0 Å². The largest absolute Gasteiger partial charge is 0.417 e. The molecule has 1 amide bonds. The lowest BCUT2D eigenvalue weighted by molar-refractivity contribution is -0.136. The van der Waals surface area contributed by atoms with Crippen LogP contribution in [0.2, 0.25) is 0 Å². The molecule has 1 fully saturated rings. The fourth-order valence-corrected chi connectivity index (χ4v) is 3.22. The molecule has 0 atom stereocenters. The van der Waals surface area contributed by atoms with Crippen LogP contribution >= 0.6 is 0 Å². The van der Waals surface area contributed by atoms with Crippen molar-refractivity contribution < 1.29 is 9.21 Å². The van der Waals surface area contributed by atoms with E-state index in [9.17, 15) is 9.59 Å². The first kappa shape index (κ1) is 15.6. The van der Waals surface area contributed by atoms with Crippen LogP contribution in [0.3, 0.4) is 0 Å². The normalized spacial score (nSPS) is 15.6. The fraction of sp³-hybridized carbons (Fsp3) is 0.529. The van der Waals surface area contributed by atoms with Crippen molar-refractivity contribution in [3.05, 3.63) is 28.7 Å². The van der Waals surface area contributed by atoms with E-state index in [0.717, 1.165) is 44.7 Å². The molecule has 0 spiro atoms. The molecule has 0 bridgehead atoms. The summed E-state index contributed by atoms with van der Waals surface area (Å²) in [6, 6.07) is 5.69. The van der Waals surface area contributed by atoms with Gasteiger partial charge in [-0.1, -0.05) is 13.8 Å². The van der Waals surface area contributed by atoms with E-state index in [2.05, 4.69) is 23.7 Å². The maximum Gasteiger partial charge on any atom is 0.417 e. The van der Waals surface area contributed by atoms with Gasteiger partial charge in [-0.25, -0.2) is 4.79 Å². The van der Waals surface area contributed by atoms with Crippen LogP contribution in [0.1, 0.15) is 26.7 Å². The predicted octanol–water partition coefficient (Wildman–Crippen LogP) is 2.21. The molecule has 1 aromatic carbocycles. The zero-order valence-electron chi connectivity index (χ0n) is 13.7. The number of aromatic amines is 1. The minimum absolute atomic E-state index is 0.147. The maximum atomic E-state index is 12.4. The van der Waals surface area contributed by atoms with Gasteiger partial charge >= 0.3 is 5.76 Å². The number of hydrogen-bond acceptors (Lipinski definition) is 4. The Morgan fingerprint density at radius 2 is 1.91 bits per heavy atom. The molecule has 1 aliphatic heterocycles. The Kier molecular flexibility index (Phi) is 4.41. The van der Waals surface area contributed by atoms with Gasteiger partial charge in [-0.2, -0.15) is 0 Å². The number of rotatable bonds is 4. The van der Waals surface area contributed by atoms with Crippen LogP contribution in [0, 0.1) is 5.92 Å². The molecular weight excluding hydrogens is 294 g/mol. The van der Waals surface area contributed by atoms with Crippen molar-refractivity contribution in [1.82, 2.24) is 9.88 Å². The number of H-pyrrole nitrogens is 1. The SMILES string of the molecule is CCC(CC)C(=O)N1CCN(c2ccc3oc(=O)[nH]c3c2)CC1. The highest BCUT2D eigenvalue weighted by Crippen LogP contribution is 2.22. The molecule has 23 heavy (non-hydrogen) atoms. The highest BCUT2D eigenvalue weighted by Gasteiger charge is 2.25. The maximum absolute atomic E-state index is 12.4. The average molecular weight is 317 g/mol. The van der Waals surface area contributed by atoms with Crippen LogP contribution < -0.4 is 10.7 Å². The van der Waals surface area contributed by atoms with Crippen molar-refractivity contribution >= 4 is 22.7 Å². The molecule has 2 heterocycles. The molecule has 1 aromatic heterocycles. The summed E-state index contributed by atoms with van der Waals surface area (Å²) < 4.78 is 5.03. The first-order valence-corrected chi connectivity index (χ1v) is 8.29. The van der Waals surface area contributed by atoms with Crippen LogP contribution in [-0.4, -0.2) is 42.0 Å². The molecule has 1 aliphatic rings. The smallest absolute Gasteiger partial charge is 0.408 e. The van der Waals surface area contributed by atoms with Crippen molar-refractivity contribution in [3.8, 4) is 0 Å². The number of carbonyl (C=O) groups excluding carboxylic acids is 1. The average Bonchev–Trinajstić information content (AvgIpc) is 2.95. The molecule has 124 valence electrons. The van der Waals surface area contributed by atoms with Crippen molar-refractivity contribution in [2.24, 2.45) is 5.92 Å². The number of benzene rings is 1. The predicted molar refractivity (Wildman–Crippen MR) is 89.7 cm³/mol. The van der Waals surface area contributed by atoms with E-state index in [4.69, 9.17) is 4.42 Å². The van der Waals surface area contributed by atoms with Crippen LogP contribution in [0.5, 0.6) is 0 Å². The molecule has 1 saturated heterocycles. The Bertz CT molecular complexity index is 737. The van der Waals surface area contributed by atoms with Gasteiger partial charge in [0.2, 0.25) is 5.91 Å². The summed E-state index contributed by atoms with van der Waals surface area (Å²) in [5.41, 5.74) is 2.33. The molecule has 2 aromatic rings. The molecule has 1 N–H and O–H groups in total. The zero-order chi connectivity index (χ0) is 16.4. The Balaban J connectivity index is 1.68. The Morgan fingerprint density at radius 3 is 2.57 bits per heavy atom. The van der Waals surface area contributed by atoms with Gasteiger partial charge in [0.15, 0.2) is 5.58 Å². The van der Waals surface area contributed by atoms with Crippen molar-refractivity contribution in [2.45, 2.75) is 26.7 Å². The van der Waals surface area contributed by atoms with Crippen LogP contribution in [0.25, 0.3) is 11.1 Å².